The van der Waals surface area contributed by atoms with Gasteiger partial charge in [-0.15, -0.1) is 0 Å². The van der Waals surface area contributed by atoms with Crippen molar-refractivity contribution in [1.29, 1.82) is 0 Å². The van der Waals surface area contributed by atoms with Gasteiger partial charge in [-0.05, 0) is 24.6 Å². The van der Waals surface area contributed by atoms with Crippen LogP contribution in [0.4, 0.5) is 4.79 Å². The molecule has 0 aliphatic carbocycles. The highest BCUT2D eigenvalue weighted by Crippen LogP contribution is 2.11. The van der Waals surface area contributed by atoms with Gasteiger partial charge in [0, 0.05) is 11.0 Å². The molecule has 1 atom stereocenters. The van der Waals surface area contributed by atoms with E-state index in [2.05, 4.69) is 26.6 Å². The summed E-state index contributed by atoms with van der Waals surface area (Å²) in [6, 6.07) is 6.08. The lowest BCUT2D eigenvalue weighted by Gasteiger charge is -2.10. The number of rotatable bonds is 4. The largest absolute Gasteiger partial charge is 0.480 e. The summed E-state index contributed by atoms with van der Waals surface area (Å²) in [4.78, 5) is 21.8. The number of halogens is 1. The molecule has 5 nitrogen and oxygen atoms in total. The Bertz CT molecular complexity index is 423. The minimum Gasteiger partial charge on any atom is -0.480 e. The van der Waals surface area contributed by atoms with Gasteiger partial charge in [0.1, 0.15) is 6.04 Å². The van der Waals surface area contributed by atoms with Crippen molar-refractivity contribution < 1.29 is 14.7 Å². The van der Waals surface area contributed by atoms with Gasteiger partial charge in [0.25, 0.3) is 0 Å². The second-order valence-electron chi connectivity index (χ2n) is 3.52. The summed E-state index contributed by atoms with van der Waals surface area (Å²) in [6.07, 6.45) is 0. The van der Waals surface area contributed by atoms with Crippen LogP contribution in [-0.4, -0.2) is 23.1 Å². The lowest BCUT2D eigenvalue weighted by Crippen LogP contribution is -2.44. The standard InChI is InChI=1S/C11H13BrN2O3/c1-7(10(15)16)14-11(17)13-6-8-3-2-4-9(12)5-8/h2-5,7H,6H2,1H3,(H,15,16)(H2,13,14,17). The number of amides is 2. The van der Waals surface area contributed by atoms with Crippen molar-refractivity contribution in [2.75, 3.05) is 0 Å². The van der Waals surface area contributed by atoms with Gasteiger partial charge in [0.2, 0.25) is 0 Å². The number of nitrogens with one attached hydrogen (secondary N) is 2. The summed E-state index contributed by atoms with van der Waals surface area (Å²) in [6.45, 7) is 1.75. The smallest absolute Gasteiger partial charge is 0.325 e. The molecule has 1 unspecified atom stereocenters. The topological polar surface area (TPSA) is 78.4 Å². The van der Waals surface area contributed by atoms with Gasteiger partial charge in [-0.25, -0.2) is 4.79 Å². The van der Waals surface area contributed by atoms with E-state index in [4.69, 9.17) is 5.11 Å². The quantitative estimate of drug-likeness (QED) is 0.792. The van der Waals surface area contributed by atoms with E-state index >= 15 is 0 Å². The molecule has 0 fully saturated rings. The number of carboxylic acid groups (broad SMARTS) is 1. The van der Waals surface area contributed by atoms with E-state index in [1.165, 1.54) is 6.92 Å². The fourth-order valence-electron chi connectivity index (χ4n) is 1.14. The van der Waals surface area contributed by atoms with Crippen LogP contribution in [-0.2, 0) is 11.3 Å². The van der Waals surface area contributed by atoms with E-state index in [1.54, 1.807) is 0 Å². The predicted molar refractivity (Wildman–Crippen MR) is 66.6 cm³/mol. The third-order valence-corrected chi connectivity index (χ3v) is 2.55. The molecule has 92 valence electrons. The second kappa shape index (κ2) is 6.24. The Morgan fingerprint density at radius 3 is 2.76 bits per heavy atom. The van der Waals surface area contributed by atoms with Crippen molar-refractivity contribution in [3.63, 3.8) is 0 Å². The average molecular weight is 301 g/mol. The number of urea groups is 1. The Balaban J connectivity index is 2.41. The van der Waals surface area contributed by atoms with Crippen molar-refractivity contribution in [2.24, 2.45) is 0 Å². The number of hydrogen-bond donors (Lipinski definition) is 3. The zero-order valence-electron chi connectivity index (χ0n) is 9.24. The third kappa shape index (κ3) is 4.86. The molecule has 0 aliphatic rings. The number of carboxylic acids is 1. The Hall–Kier alpha value is -1.56. The van der Waals surface area contributed by atoms with E-state index in [9.17, 15) is 9.59 Å². The predicted octanol–water partition coefficient (Wildman–Crippen LogP) is 1.72. The number of aliphatic carboxylic acids is 1. The minimum atomic E-state index is -1.07. The molecule has 0 saturated heterocycles. The van der Waals surface area contributed by atoms with Crippen LogP contribution in [0.3, 0.4) is 0 Å². The first kappa shape index (κ1) is 13.5. The van der Waals surface area contributed by atoms with Gasteiger partial charge in [0.15, 0.2) is 0 Å². The first-order valence-electron chi connectivity index (χ1n) is 5.00. The first-order valence-corrected chi connectivity index (χ1v) is 5.80. The molecule has 3 N–H and O–H groups in total. The van der Waals surface area contributed by atoms with Crippen LogP contribution in [0.25, 0.3) is 0 Å². The number of carbonyl (C=O) groups is 2. The maximum Gasteiger partial charge on any atom is 0.325 e. The van der Waals surface area contributed by atoms with E-state index in [0.29, 0.717) is 6.54 Å². The van der Waals surface area contributed by atoms with Crippen molar-refractivity contribution in [1.82, 2.24) is 10.6 Å². The molecular formula is C11H13BrN2O3. The molecule has 2 amide bonds. The van der Waals surface area contributed by atoms with Gasteiger partial charge >= 0.3 is 12.0 Å². The van der Waals surface area contributed by atoms with Crippen LogP contribution in [0.2, 0.25) is 0 Å². The van der Waals surface area contributed by atoms with Gasteiger partial charge in [-0.1, -0.05) is 28.1 Å². The second-order valence-corrected chi connectivity index (χ2v) is 4.43. The van der Waals surface area contributed by atoms with Crippen molar-refractivity contribution >= 4 is 27.9 Å². The van der Waals surface area contributed by atoms with Crippen molar-refractivity contribution in [2.45, 2.75) is 19.5 Å². The molecule has 1 aromatic rings. The molecule has 0 heterocycles. The highest BCUT2D eigenvalue weighted by atomic mass is 79.9. The lowest BCUT2D eigenvalue weighted by molar-refractivity contribution is -0.138. The van der Waals surface area contributed by atoms with E-state index in [0.717, 1.165) is 10.0 Å². The summed E-state index contributed by atoms with van der Waals surface area (Å²) < 4.78 is 0.927. The van der Waals surface area contributed by atoms with Crippen LogP contribution in [0.1, 0.15) is 12.5 Å². The highest BCUT2D eigenvalue weighted by molar-refractivity contribution is 9.10. The zero-order valence-corrected chi connectivity index (χ0v) is 10.8. The molecule has 0 saturated carbocycles. The Kier molecular flexibility index (Phi) is 4.96. The lowest BCUT2D eigenvalue weighted by atomic mass is 10.2. The third-order valence-electron chi connectivity index (χ3n) is 2.06. The number of benzene rings is 1. The van der Waals surface area contributed by atoms with Gasteiger partial charge in [0.05, 0.1) is 0 Å². The SMILES string of the molecule is CC(NC(=O)NCc1cccc(Br)c1)C(=O)O. The number of carbonyl (C=O) groups excluding carboxylic acids is 1. The molecule has 1 rings (SSSR count). The molecule has 0 spiro atoms. The molecule has 0 aliphatic heterocycles. The molecule has 0 bridgehead atoms. The molecule has 0 radical (unpaired) electrons. The normalized spacial score (nSPS) is 11.6. The maximum atomic E-state index is 11.3. The maximum absolute atomic E-state index is 11.3. The highest BCUT2D eigenvalue weighted by Gasteiger charge is 2.13. The summed E-state index contributed by atoms with van der Waals surface area (Å²) >= 11 is 3.32. The van der Waals surface area contributed by atoms with Crippen LogP contribution in [0.15, 0.2) is 28.7 Å². The number of hydrogen-bond acceptors (Lipinski definition) is 2. The van der Waals surface area contributed by atoms with E-state index in [-0.39, 0.29) is 0 Å². The molecule has 0 aromatic heterocycles. The van der Waals surface area contributed by atoms with Crippen molar-refractivity contribution in [3.05, 3.63) is 34.3 Å². The fraction of sp³-hybridized carbons (Fsp3) is 0.273. The summed E-state index contributed by atoms with van der Waals surface area (Å²) in [5, 5.41) is 13.5. The van der Waals surface area contributed by atoms with Gasteiger partial charge in [-0.3, -0.25) is 4.79 Å². The Labute approximate surface area is 107 Å². The fourth-order valence-corrected chi connectivity index (χ4v) is 1.59. The summed E-state index contributed by atoms with van der Waals surface area (Å²) in [5.74, 6) is -1.07. The average Bonchev–Trinajstić information content (AvgIpc) is 2.26. The first-order chi connectivity index (χ1) is 7.99. The monoisotopic (exact) mass is 300 g/mol. The minimum absolute atomic E-state index is 0.345. The van der Waals surface area contributed by atoms with Crippen LogP contribution in [0, 0.1) is 0 Å². The molecule has 6 heteroatoms. The Morgan fingerprint density at radius 1 is 1.47 bits per heavy atom. The van der Waals surface area contributed by atoms with Crippen LogP contribution in [0.5, 0.6) is 0 Å². The van der Waals surface area contributed by atoms with Crippen molar-refractivity contribution in [3.8, 4) is 0 Å². The van der Waals surface area contributed by atoms with Gasteiger partial charge < -0.3 is 15.7 Å². The zero-order chi connectivity index (χ0) is 12.8. The summed E-state index contributed by atoms with van der Waals surface area (Å²) in [7, 11) is 0. The summed E-state index contributed by atoms with van der Waals surface area (Å²) in [5.41, 5.74) is 0.928. The Morgan fingerprint density at radius 2 is 2.18 bits per heavy atom. The van der Waals surface area contributed by atoms with Crippen LogP contribution < -0.4 is 10.6 Å². The van der Waals surface area contributed by atoms with E-state index in [1.807, 2.05) is 24.3 Å². The molecular weight excluding hydrogens is 288 g/mol. The van der Waals surface area contributed by atoms with Crippen LogP contribution >= 0.6 is 15.9 Å². The molecule has 17 heavy (non-hydrogen) atoms. The van der Waals surface area contributed by atoms with E-state index < -0.39 is 18.0 Å². The molecule has 1 aromatic carbocycles. The van der Waals surface area contributed by atoms with Gasteiger partial charge in [-0.2, -0.15) is 0 Å².